The van der Waals surface area contributed by atoms with Gasteiger partial charge in [0.05, 0.1) is 5.71 Å². The normalized spacial score (nSPS) is 11.4. The summed E-state index contributed by atoms with van der Waals surface area (Å²) in [7, 11) is 0. The molecule has 1 aromatic carbocycles. The van der Waals surface area contributed by atoms with Crippen molar-refractivity contribution in [2.45, 2.75) is 13.3 Å². The minimum atomic E-state index is 0.194. The zero-order chi connectivity index (χ0) is 13.7. The van der Waals surface area contributed by atoms with Crippen LogP contribution in [0.4, 0.5) is 5.95 Å². The summed E-state index contributed by atoms with van der Waals surface area (Å²) < 4.78 is 0.886. The largest absolute Gasteiger partial charge is 0.507 e. The minimum absolute atomic E-state index is 0.194. The Morgan fingerprint density at radius 1 is 1.37 bits per heavy atom. The number of hydrazone groups is 1. The first kappa shape index (κ1) is 13.5. The highest BCUT2D eigenvalue weighted by atomic mass is 79.9. The van der Waals surface area contributed by atoms with Gasteiger partial charge in [-0.2, -0.15) is 5.10 Å². The molecule has 0 saturated carbocycles. The summed E-state index contributed by atoms with van der Waals surface area (Å²) in [4.78, 5) is 8.04. The minimum Gasteiger partial charge on any atom is -0.507 e. The third-order valence-electron chi connectivity index (χ3n) is 2.46. The summed E-state index contributed by atoms with van der Waals surface area (Å²) in [6.07, 6.45) is 3.93. The third-order valence-corrected chi connectivity index (χ3v) is 2.95. The number of phenolic OH excluding ortho intramolecular Hbond substituents is 1. The lowest BCUT2D eigenvalue weighted by molar-refractivity contribution is 0.474. The molecule has 0 aliphatic rings. The Morgan fingerprint density at radius 2 is 2.11 bits per heavy atom. The van der Waals surface area contributed by atoms with E-state index in [-0.39, 0.29) is 5.75 Å². The van der Waals surface area contributed by atoms with Crippen LogP contribution in [-0.2, 0) is 0 Å². The summed E-state index contributed by atoms with van der Waals surface area (Å²) in [5.41, 5.74) is 4.19. The summed E-state index contributed by atoms with van der Waals surface area (Å²) in [5.74, 6) is 0.613. The number of aromatic nitrogens is 2. The summed E-state index contributed by atoms with van der Waals surface area (Å²) in [6, 6.07) is 6.96. The molecule has 0 atom stereocenters. The Hall–Kier alpha value is -1.95. The molecule has 1 aromatic heterocycles. The van der Waals surface area contributed by atoms with Crippen molar-refractivity contribution in [1.82, 2.24) is 9.97 Å². The Kier molecular flexibility index (Phi) is 4.46. The van der Waals surface area contributed by atoms with Gasteiger partial charge in [0.1, 0.15) is 5.75 Å². The highest BCUT2D eigenvalue weighted by Crippen LogP contribution is 2.23. The quantitative estimate of drug-likeness (QED) is 0.670. The fraction of sp³-hybridized carbons (Fsp3) is 0.154. The number of nitrogens with one attached hydrogen (secondary N) is 1. The summed E-state index contributed by atoms with van der Waals surface area (Å²) >= 11 is 3.38. The zero-order valence-corrected chi connectivity index (χ0v) is 11.9. The van der Waals surface area contributed by atoms with Gasteiger partial charge in [0, 0.05) is 22.4 Å². The fourth-order valence-electron chi connectivity index (χ4n) is 1.54. The SMILES string of the molecule is CCC(=NNc1ncccn1)c1cc(Br)ccc1O. The van der Waals surface area contributed by atoms with Crippen LogP contribution in [0.3, 0.4) is 0 Å². The highest BCUT2D eigenvalue weighted by molar-refractivity contribution is 9.10. The van der Waals surface area contributed by atoms with Crippen LogP contribution in [0.1, 0.15) is 18.9 Å². The topological polar surface area (TPSA) is 70.4 Å². The maximum absolute atomic E-state index is 9.87. The molecule has 0 unspecified atom stereocenters. The van der Waals surface area contributed by atoms with Gasteiger partial charge in [0.25, 0.3) is 0 Å². The van der Waals surface area contributed by atoms with Crippen molar-refractivity contribution >= 4 is 27.6 Å². The molecular formula is C13H13BrN4O. The lowest BCUT2D eigenvalue weighted by Gasteiger charge is -2.07. The van der Waals surface area contributed by atoms with Crippen LogP contribution >= 0.6 is 15.9 Å². The third kappa shape index (κ3) is 3.51. The molecule has 98 valence electrons. The second-order valence-corrected chi connectivity index (χ2v) is 4.67. The van der Waals surface area contributed by atoms with Gasteiger partial charge in [-0.05, 0) is 30.7 Å². The number of nitrogens with zero attached hydrogens (tertiary/aromatic N) is 3. The molecule has 0 aliphatic heterocycles. The molecule has 0 radical (unpaired) electrons. The first-order valence-corrected chi connectivity index (χ1v) is 6.58. The van der Waals surface area contributed by atoms with Crippen LogP contribution in [0, 0.1) is 0 Å². The molecule has 1 heterocycles. The van der Waals surface area contributed by atoms with Gasteiger partial charge in [-0.25, -0.2) is 15.4 Å². The van der Waals surface area contributed by atoms with Crippen LogP contribution in [0.15, 0.2) is 46.2 Å². The molecule has 0 saturated heterocycles. The van der Waals surface area contributed by atoms with Gasteiger partial charge in [-0.15, -0.1) is 0 Å². The van der Waals surface area contributed by atoms with E-state index in [0.29, 0.717) is 17.9 Å². The predicted molar refractivity (Wildman–Crippen MR) is 78.3 cm³/mol. The number of rotatable bonds is 4. The van der Waals surface area contributed by atoms with Crippen LogP contribution in [0.25, 0.3) is 0 Å². The molecule has 2 aromatic rings. The first-order valence-electron chi connectivity index (χ1n) is 5.79. The van der Waals surface area contributed by atoms with E-state index < -0.39 is 0 Å². The van der Waals surface area contributed by atoms with E-state index in [2.05, 4.69) is 36.4 Å². The van der Waals surface area contributed by atoms with Gasteiger partial charge < -0.3 is 5.11 Å². The predicted octanol–water partition coefficient (Wildman–Crippen LogP) is 3.17. The lowest BCUT2D eigenvalue weighted by Crippen LogP contribution is -2.05. The summed E-state index contributed by atoms with van der Waals surface area (Å²) in [5, 5.41) is 14.1. The highest BCUT2D eigenvalue weighted by Gasteiger charge is 2.08. The molecule has 2 N–H and O–H groups in total. The Balaban J connectivity index is 2.26. The number of hydrogen-bond donors (Lipinski definition) is 2. The molecule has 0 aliphatic carbocycles. The van der Waals surface area contributed by atoms with Gasteiger partial charge in [-0.3, -0.25) is 0 Å². The number of hydrogen-bond acceptors (Lipinski definition) is 5. The van der Waals surface area contributed by atoms with Crippen molar-refractivity contribution in [2.75, 3.05) is 5.43 Å². The van der Waals surface area contributed by atoms with Crippen molar-refractivity contribution in [3.05, 3.63) is 46.7 Å². The summed E-state index contributed by atoms with van der Waals surface area (Å²) in [6.45, 7) is 1.96. The van der Waals surface area contributed by atoms with Gasteiger partial charge in [-0.1, -0.05) is 22.9 Å². The van der Waals surface area contributed by atoms with Crippen LogP contribution < -0.4 is 5.43 Å². The standard InChI is InChI=1S/C13H13BrN4O/c1-2-11(10-8-9(14)4-5-12(10)19)17-18-13-15-6-3-7-16-13/h3-8,19H,2H2,1H3,(H,15,16,18). The molecule has 0 amide bonds. The molecule has 0 fully saturated rings. The number of benzene rings is 1. The maximum atomic E-state index is 9.87. The number of anilines is 1. The van der Waals surface area contributed by atoms with Crippen LogP contribution in [0.2, 0.25) is 0 Å². The number of phenols is 1. The Bertz CT molecular complexity index is 586. The molecule has 19 heavy (non-hydrogen) atoms. The molecule has 2 rings (SSSR count). The van der Waals surface area contributed by atoms with Crippen LogP contribution in [0.5, 0.6) is 5.75 Å². The van der Waals surface area contributed by atoms with E-state index >= 15 is 0 Å². The zero-order valence-electron chi connectivity index (χ0n) is 10.3. The van der Waals surface area contributed by atoms with Crippen molar-refractivity contribution < 1.29 is 5.11 Å². The molecule has 0 bridgehead atoms. The monoisotopic (exact) mass is 320 g/mol. The van der Waals surface area contributed by atoms with Gasteiger partial charge in [0.15, 0.2) is 0 Å². The van der Waals surface area contributed by atoms with E-state index in [4.69, 9.17) is 0 Å². The van der Waals surface area contributed by atoms with E-state index in [1.165, 1.54) is 0 Å². The lowest BCUT2D eigenvalue weighted by atomic mass is 10.1. The molecular weight excluding hydrogens is 308 g/mol. The van der Waals surface area contributed by atoms with E-state index in [1.54, 1.807) is 30.6 Å². The maximum Gasteiger partial charge on any atom is 0.243 e. The Labute approximate surface area is 119 Å². The van der Waals surface area contributed by atoms with Gasteiger partial charge in [0.2, 0.25) is 5.95 Å². The number of aromatic hydroxyl groups is 1. The van der Waals surface area contributed by atoms with E-state index in [0.717, 1.165) is 10.2 Å². The molecule has 0 spiro atoms. The van der Waals surface area contributed by atoms with Crippen molar-refractivity contribution in [1.29, 1.82) is 0 Å². The molecule has 5 nitrogen and oxygen atoms in total. The number of halogens is 1. The van der Waals surface area contributed by atoms with Crippen molar-refractivity contribution in [3.8, 4) is 5.75 Å². The van der Waals surface area contributed by atoms with Crippen molar-refractivity contribution in [3.63, 3.8) is 0 Å². The first-order chi connectivity index (χ1) is 9.20. The average molecular weight is 321 g/mol. The second kappa shape index (κ2) is 6.29. The van der Waals surface area contributed by atoms with Crippen LogP contribution in [-0.4, -0.2) is 20.8 Å². The Morgan fingerprint density at radius 3 is 2.79 bits per heavy atom. The van der Waals surface area contributed by atoms with Crippen molar-refractivity contribution in [2.24, 2.45) is 5.10 Å². The van der Waals surface area contributed by atoms with E-state index in [1.807, 2.05) is 13.0 Å². The fourth-order valence-corrected chi connectivity index (χ4v) is 1.90. The molecule has 6 heteroatoms. The smallest absolute Gasteiger partial charge is 0.243 e. The average Bonchev–Trinajstić information content (AvgIpc) is 2.44. The van der Waals surface area contributed by atoms with E-state index in [9.17, 15) is 5.11 Å². The van der Waals surface area contributed by atoms with Gasteiger partial charge >= 0.3 is 0 Å². The second-order valence-electron chi connectivity index (χ2n) is 3.76.